The lowest BCUT2D eigenvalue weighted by Gasteiger charge is -2.24. The Labute approximate surface area is 211 Å². The van der Waals surface area contributed by atoms with Gasteiger partial charge in [-0.1, -0.05) is 6.92 Å². The minimum absolute atomic E-state index is 0.112. The van der Waals surface area contributed by atoms with Crippen molar-refractivity contribution >= 4 is 5.78 Å². The van der Waals surface area contributed by atoms with Gasteiger partial charge in [-0.2, -0.15) is 0 Å². The fourth-order valence-electron chi connectivity index (χ4n) is 3.82. The third-order valence-corrected chi connectivity index (χ3v) is 6.13. The molecule has 3 aromatic rings. The number of ketones is 1. The molecule has 1 heterocycles. The van der Waals surface area contributed by atoms with Gasteiger partial charge in [-0.3, -0.25) is 4.79 Å². The fraction of sp³-hybridized carbons (Fsp3) is 0.379. The van der Waals surface area contributed by atoms with Gasteiger partial charge in [0.2, 0.25) is 0 Å². The van der Waals surface area contributed by atoms with Crippen LogP contribution in [0.15, 0.2) is 54.6 Å². The van der Waals surface area contributed by atoms with E-state index < -0.39 is 5.60 Å². The van der Waals surface area contributed by atoms with Crippen LogP contribution in [0.25, 0.3) is 11.3 Å². The summed E-state index contributed by atoms with van der Waals surface area (Å²) in [5.74, 6) is 1.24. The van der Waals surface area contributed by atoms with Gasteiger partial charge in [0.15, 0.2) is 17.3 Å². The summed E-state index contributed by atoms with van der Waals surface area (Å²) >= 11 is 0. The van der Waals surface area contributed by atoms with E-state index in [0.717, 1.165) is 19.3 Å². The predicted molar refractivity (Wildman–Crippen MR) is 135 cm³/mol. The standard InChI is InChI=1S/C29H32FNO5/c1-4-17-35-25-13-14-27(31-28(25)19-5-8-21(30)9-6-19)29(2,33)16-15-23(32)20-7-12-24(26(18-20)34-3)36-22-10-11-22/h5-9,12-14,18,22,33H,4,10-11,15-17H2,1-3H3. The first kappa shape index (κ1) is 25.6. The Kier molecular flexibility index (Phi) is 7.89. The van der Waals surface area contributed by atoms with E-state index in [-0.39, 0.29) is 30.5 Å². The Morgan fingerprint density at radius 3 is 2.47 bits per heavy atom. The molecule has 7 heteroatoms. The highest BCUT2D eigenvalue weighted by Crippen LogP contribution is 2.36. The number of benzene rings is 2. The number of hydrogen-bond donors (Lipinski definition) is 1. The lowest BCUT2D eigenvalue weighted by Crippen LogP contribution is -2.24. The molecule has 1 N–H and O–H groups in total. The van der Waals surface area contributed by atoms with Gasteiger partial charge >= 0.3 is 0 Å². The summed E-state index contributed by atoms with van der Waals surface area (Å²) < 4.78 is 30.6. The molecule has 0 saturated heterocycles. The van der Waals surface area contributed by atoms with Crippen LogP contribution in [-0.2, 0) is 5.60 Å². The number of hydrogen-bond acceptors (Lipinski definition) is 6. The van der Waals surface area contributed by atoms with Crippen molar-refractivity contribution in [2.24, 2.45) is 0 Å². The van der Waals surface area contributed by atoms with Gasteiger partial charge in [0.1, 0.15) is 22.9 Å². The van der Waals surface area contributed by atoms with E-state index in [2.05, 4.69) is 4.98 Å². The Balaban J connectivity index is 1.51. The molecule has 1 saturated carbocycles. The van der Waals surface area contributed by atoms with Crippen LogP contribution in [0, 0.1) is 5.82 Å². The summed E-state index contributed by atoms with van der Waals surface area (Å²) in [5.41, 5.74) is 0.728. The average Bonchev–Trinajstić information content (AvgIpc) is 3.71. The van der Waals surface area contributed by atoms with Crippen LogP contribution in [0.5, 0.6) is 17.2 Å². The second kappa shape index (κ2) is 11.1. The van der Waals surface area contributed by atoms with E-state index in [4.69, 9.17) is 14.2 Å². The summed E-state index contributed by atoms with van der Waals surface area (Å²) in [6, 6.07) is 14.6. The van der Waals surface area contributed by atoms with E-state index in [1.807, 2.05) is 6.92 Å². The molecule has 6 nitrogen and oxygen atoms in total. The number of halogens is 1. The maximum absolute atomic E-state index is 13.5. The average molecular weight is 494 g/mol. The van der Waals surface area contributed by atoms with E-state index in [9.17, 15) is 14.3 Å². The second-order valence-electron chi connectivity index (χ2n) is 9.28. The van der Waals surface area contributed by atoms with Gasteiger partial charge in [-0.05, 0) is 87.2 Å². The van der Waals surface area contributed by atoms with Crippen LogP contribution >= 0.6 is 0 Å². The van der Waals surface area contributed by atoms with E-state index in [1.54, 1.807) is 56.5 Å². The monoisotopic (exact) mass is 493 g/mol. The van der Waals surface area contributed by atoms with Crippen LogP contribution in [-0.4, -0.2) is 35.7 Å². The van der Waals surface area contributed by atoms with Crippen LogP contribution in [0.1, 0.15) is 62.0 Å². The molecular formula is C29H32FNO5. The zero-order valence-electron chi connectivity index (χ0n) is 20.9. The van der Waals surface area contributed by atoms with E-state index in [1.165, 1.54) is 12.1 Å². The first-order valence-electron chi connectivity index (χ1n) is 12.3. The molecule has 0 amide bonds. The maximum Gasteiger partial charge on any atom is 0.163 e. The van der Waals surface area contributed by atoms with Gasteiger partial charge in [-0.15, -0.1) is 0 Å². The molecule has 1 aliphatic rings. The zero-order chi connectivity index (χ0) is 25.7. The predicted octanol–water partition coefficient (Wildman–Crippen LogP) is 6.10. The normalized spacial score (nSPS) is 14.7. The molecule has 36 heavy (non-hydrogen) atoms. The third-order valence-electron chi connectivity index (χ3n) is 6.13. The van der Waals surface area contributed by atoms with Crippen molar-refractivity contribution in [1.82, 2.24) is 4.98 Å². The third kappa shape index (κ3) is 6.21. The van der Waals surface area contributed by atoms with Gasteiger partial charge < -0.3 is 19.3 Å². The summed E-state index contributed by atoms with van der Waals surface area (Å²) in [5, 5.41) is 11.3. The van der Waals surface area contributed by atoms with Crippen molar-refractivity contribution < 1.29 is 28.5 Å². The number of methoxy groups -OCH3 is 1. The first-order chi connectivity index (χ1) is 17.3. The smallest absolute Gasteiger partial charge is 0.163 e. The summed E-state index contributed by atoms with van der Waals surface area (Å²) in [6.45, 7) is 4.15. The summed E-state index contributed by atoms with van der Waals surface area (Å²) in [7, 11) is 1.55. The van der Waals surface area contributed by atoms with Crippen LogP contribution in [0.4, 0.5) is 4.39 Å². The second-order valence-corrected chi connectivity index (χ2v) is 9.28. The SMILES string of the molecule is CCCOc1ccc(C(C)(O)CCC(=O)c2ccc(OC3CC3)c(OC)c2)nc1-c1ccc(F)cc1. The largest absolute Gasteiger partial charge is 0.493 e. The van der Waals surface area contributed by atoms with Crippen molar-refractivity contribution in [1.29, 1.82) is 0 Å². The number of aliphatic hydroxyl groups is 1. The van der Waals surface area contributed by atoms with Crippen molar-refractivity contribution in [3.8, 4) is 28.5 Å². The molecule has 190 valence electrons. The number of nitrogens with zero attached hydrogens (tertiary/aromatic N) is 1. The molecule has 1 atom stereocenters. The Bertz CT molecular complexity index is 1200. The lowest BCUT2D eigenvalue weighted by atomic mass is 9.92. The molecule has 4 rings (SSSR count). The van der Waals surface area contributed by atoms with Gasteiger partial charge in [0.05, 0.1) is 25.5 Å². The van der Waals surface area contributed by atoms with Crippen molar-refractivity contribution in [3.63, 3.8) is 0 Å². The Hall–Kier alpha value is -3.45. The highest BCUT2D eigenvalue weighted by Gasteiger charge is 2.28. The molecule has 1 aromatic heterocycles. The summed E-state index contributed by atoms with van der Waals surface area (Å²) in [6.07, 6.45) is 3.38. The van der Waals surface area contributed by atoms with E-state index in [0.29, 0.717) is 46.4 Å². The molecular weight excluding hydrogens is 461 g/mol. The highest BCUT2D eigenvalue weighted by atomic mass is 19.1. The molecule has 2 aromatic carbocycles. The quantitative estimate of drug-likeness (QED) is 0.307. The molecule has 0 bridgehead atoms. The zero-order valence-corrected chi connectivity index (χ0v) is 20.9. The van der Waals surface area contributed by atoms with E-state index >= 15 is 0 Å². The highest BCUT2D eigenvalue weighted by molar-refractivity contribution is 5.96. The molecule has 0 spiro atoms. The van der Waals surface area contributed by atoms with Crippen LogP contribution in [0.2, 0.25) is 0 Å². The van der Waals surface area contributed by atoms with Crippen LogP contribution in [0.3, 0.4) is 0 Å². The number of pyridine rings is 1. The number of carbonyl (C=O) groups excluding carboxylic acids is 1. The maximum atomic E-state index is 13.5. The Morgan fingerprint density at radius 2 is 1.81 bits per heavy atom. The molecule has 1 unspecified atom stereocenters. The van der Waals surface area contributed by atoms with Gasteiger partial charge in [0.25, 0.3) is 0 Å². The fourth-order valence-corrected chi connectivity index (χ4v) is 3.82. The number of aromatic nitrogens is 1. The molecule has 1 fully saturated rings. The molecule has 0 aliphatic heterocycles. The minimum atomic E-state index is -1.37. The lowest BCUT2D eigenvalue weighted by molar-refractivity contribution is 0.0397. The number of Topliss-reactive ketones (excluding diaryl/α,β-unsaturated/α-hetero) is 1. The molecule has 1 aliphatic carbocycles. The van der Waals surface area contributed by atoms with Crippen LogP contribution < -0.4 is 14.2 Å². The van der Waals surface area contributed by atoms with Gasteiger partial charge in [0, 0.05) is 17.5 Å². The molecule has 0 radical (unpaired) electrons. The Morgan fingerprint density at radius 1 is 1.08 bits per heavy atom. The summed E-state index contributed by atoms with van der Waals surface area (Å²) in [4.78, 5) is 17.6. The van der Waals surface area contributed by atoms with Crippen molar-refractivity contribution in [2.45, 2.75) is 57.7 Å². The number of ether oxygens (including phenoxy) is 3. The number of rotatable bonds is 12. The topological polar surface area (TPSA) is 77.9 Å². The first-order valence-corrected chi connectivity index (χ1v) is 12.3. The minimum Gasteiger partial charge on any atom is -0.493 e. The van der Waals surface area contributed by atoms with Gasteiger partial charge in [-0.25, -0.2) is 9.37 Å². The van der Waals surface area contributed by atoms with Crippen molar-refractivity contribution in [3.05, 3.63) is 71.7 Å². The number of carbonyl (C=O) groups is 1. The van der Waals surface area contributed by atoms with Crippen molar-refractivity contribution in [2.75, 3.05) is 13.7 Å².